The van der Waals surface area contributed by atoms with Crippen molar-refractivity contribution in [1.29, 1.82) is 0 Å². The molecule has 0 aromatic heterocycles. The van der Waals surface area contributed by atoms with Gasteiger partial charge in [0.2, 0.25) is 12.4 Å². The molecule has 9 heteroatoms. The minimum absolute atomic E-state index is 0.480. The van der Waals surface area contributed by atoms with Crippen LogP contribution in [0.1, 0.15) is 60.3 Å². The van der Waals surface area contributed by atoms with Crippen LogP contribution in [0.25, 0.3) is 0 Å². The Morgan fingerprint density at radius 1 is 0.704 bits per heavy atom. The molecule has 0 aromatic rings. The van der Waals surface area contributed by atoms with Gasteiger partial charge in [-0.3, -0.25) is 19.2 Å². The van der Waals surface area contributed by atoms with Crippen molar-refractivity contribution >= 4 is 23.9 Å². The van der Waals surface area contributed by atoms with E-state index in [1.165, 1.54) is 20.8 Å². The first-order valence-corrected chi connectivity index (χ1v) is 9.00. The Kier molecular flexibility index (Phi) is 9.20. The van der Waals surface area contributed by atoms with Gasteiger partial charge in [-0.05, 0) is 6.42 Å². The number of ether oxygens (including phenoxy) is 5. The molecule has 0 N–H and O–H groups in total. The van der Waals surface area contributed by atoms with Gasteiger partial charge in [-0.1, -0.05) is 26.2 Å². The van der Waals surface area contributed by atoms with E-state index in [-0.39, 0.29) is 0 Å². The van der Waals surface area contributed by atoms with Gasteiger partial charge in [-0.2, -0.15) is 0 Å². The van der Waals surface area contributed by atoms with Gasteiger partial charge >= 0.3 is 23.9 Å². The number of esters is 4. The van der Waals surface area contributed by atoms with Crippen LogP contribution in [-0.2, 0) is 42.9 Å². The van der Waals surface area contributed by atoms with Gasteiger partial charge in [-0.25, -0.2) is 0 Å². The van der Waals surface area contributed by atoms with Crippen LogP contribution < -0.4 is 0 Å². The third-order valence-electron chi connectivity index (χ3n) is 3.87. The second-order valence-electron chi connectivity index (χ2n) is 6.37. The summed E-state index contributed by atoms with van der Waals surface area (Å²) in [6.07, 6.45) is -2.29. The molecule has 0 aliphatic carbocycles. The Hall–Kier alpha value is -2.16. The zero-order valence-corrected chi connectivity index (χ0v) is 16.4. The van der Waals surface area contributed by atoms with E-state index in [0.717, 1.165) is 26.2 Å². The first-order chi connectivity index (χ1) is 12.6. The second kappa shape index (κ2) is 10.9. The molecule has 1 aliphatic rings. The summed E-state index contributed by atoms with van der Waals surface area (Å²) < 4.78 is 26.8. The van der Waals surface area contributed by atoms with Gasteiger partial charge in [0.25, 0.3) is 0 Å². The van der Waals surface area contributed by atoms with E-state index >= 15 is 0 Å². The van der Waals surface area contributed by atoms with Crippen molar-refractivity contribution < 1.29 is 42.9 Å². The van der Waals surface area contributed by atoms with Crippen molar-refractivity contribution in [3.05, 3.63) is 0 Å². The summed E-state index contributed by atoms with van der Waals surface area (Å²) in [4.78, 5) is 46.2. The molecule has 1 heterocycles. The average Bonchev–Trinajstić information content (AvgIpc) is 2.52. The summed E-state index contributed by atoms with van der Waals surface area (Å²) >= 11 is 0. The number of carbonyl (C=O) groups excluding carboxylic acids is 4. The number of hydrogen-bond acceptors (Lipinski definition) is 9. The summed E-state index contributed by atoms with van der Waals surface area (Å²) in [6.45, 7) is 6.76. The number of carbonyl (C=O) groups is 4. The van der Waals surface area contributed by atoms with Crippen molar-refractivity contribution in [1.82, 2.24) is 0 Å². The lowest BCUT2D eigenvalue weighted by atomic mass is 9.94. The molecule has 1 saturated heterocycles. The van der Waals surface area contributed by atoms with E-state index in [2.05, 4.69) is 0 Å². The first-order valence-electron chi connectivity index (χ1n) is 9.00. The van der Waals surface area contributed by atoms with E-state index in [1.54, 1.807) is 0 Å². The highest BCUT2D eigenvalue weighted by Gasteiger charge is 2.52. The maximum atomic E-state index is 11.6. The SMILES string of the molecule is CCCCC[C@H]1OC(OC(C)=O)[C@H](OC(C)=O)[C@@H](OC(C)=O)[C@H]1OC(C)=O. The lowest BCUT2D eigenvalue weighted by Gasteiger charge is -2.44. The molecule has 1 unspecified atom stereocenters. The standard InChI is InChI=1S/C18H28O9/c1-6-7-8-9-14-15(23-10(2)19)16(24-11(3)20)17(25-12(4)21)18(27-14)26-13(5)22/h14-18H,6-9H2,1-5H3/t14-,15+,16+,17-,18?/m1/s1. The first kappa shape index (κ1) is 22.9. The van der Waals surface area contributed by atoms with Crippen LogP contribution in [0.3, 0.4) is 0 Å². The Morgan fingerprint density at radius 2 is 1.19 bits per heavy atom. The highest BCUT2D eigenvalue weighted by Crippen LogP contribution is 2.31. The summed E-state index contributed by atoms with van der Waals surface area (Å²) in [5.74, 6) is -2.61. The van der Waals surface area contributed by atoms with Gasteiger partial charge in [-0.15, -0.1) is 0 Å². The van der Waals surface area contributed by atoms with Crippen LogP contribution >= 0.6 is 0 Å². The minimum atomic E-state index is -1.28. The maximum Gasteiger partial charge on any atom is 0.305 e. The second-order valence-corrected chi connectivity index (χ2v) is 6.37. The maximum absolute atomic E-state index is 11.6. The van der Waals surface area contributed by atoms with Crippen LogP contribution in [0.2, 0.25) is 0 Å². The van der Waals surface area contributed by atoms with Crippen molar-refractivity contribution in [2.24, 2.45) is 0 Å². The van der Waals surface area contributed by atoms with Crippen molar-refractivity contribution in [3.63, 3.8) is 0 Å². The molecule has 1 fully saturated rings. The molecular formula is C18H28O9. The third-order valence-corrected chi connectivity index (χ3v) is 3.87. The smallest absolute Gasteiger partial charge is 0.305 e. The highest BCUT2D eigenvalue weighted by atomic mass is 16.7. The Morgan fingerprint density at radius 3 is 1.67 bits per heavy atom. The summed E-state index contributed by atoms with van der Waals surface area (Å²) in [5, 5.41) is 0. The molecule has 0 spiro atoms. The summed E-state index contributed by atoms with van der Waals surface area (Å²) in [7, 11) is 0. The monoisotopic (exact) mass is 388 g/mol. The van der Waals surface area contributed by atoms with E-state index in [4.69, 9.17) is 23.7 Å². The number of rotatable bonds is 8. The molecule has 5 atom stereocenters. The molecule has 0 saturated carbocycles. The van der Waals surface area contributed by atoms with Crippen LogP contribution in [0, 0.1) is 0 Å². The van der Waals surface area contributed by atoms with E-state index < -0.39 is 54.6 Å². The van der Waals surface area contributed by atoms with E-state index in [1.807, 2.05) is 6.92 Å². The lowest BCUT2D eigenvalue weighted by molar-refractivity contribution is -0.296. The van der Waals surface area contributed by atoms with Crippen molar-refractivity contribution in [2.45, 2.75) is 91.0 Å². The van der Waals surface area contributed by atoms with E-state index in [0.29, 0.717) is 6.42 Å². The lowest BCUT2D eigenvalue weighted by Crippen LogP contribution is -2.62. The Balaban J connectivity index is 3.23. The van der Waals surface area contributed by atoms with Gasteiger partial charge < -0.3 is 23.7 Å². The number of unbranched alkanes of at least 4 members (excludes halogenated alkanes) is 2. The molecule has 0 bridgehead atoms. The van der Waals surface area contributed by atoms with Gasteiger partial charge in [0.1, 0.15) is 6.10 Å². The summed E-state index contributed by atoms with van der Waals surface area (Å²) in [6, 6.07) is 0. The van der Waals surface area contributed by atoms with Crippen LogP contribution in [0.4, 0.5) is 0 Å². The Bertz CT molecular complexity index is 545. The molecule has 0 radical (unpaired) electrons. The average molecular weight is 388 g/mol. The zero-order valence-electron chi connectivity index (χ0n) is 16.4. The normalized spacial score (nSPS) is 27.4. The Labute approximate surface area is 158 Å². The van der Waals surface area contributed by atoms with Gasteiger partial charge in [0, 0.05) is 27.7 Å². The predicted octanol–water partition coefficient (Wildman–Crippen LogP) is 1.65. The van der Waals surface area contributed by atoms with E-state index in [9.17, 15) is 19.2 Å². The fraction of sp³-hybridized carbons (Fsp3) is 0.778. The molecule has 9 nitrogen and oxygen atoms in total. The molecule has 154 valence electrons. The largest absolute Gasteiger partial charge is 0.456 e. The molecular weight excluding hydrogens is 360 g/mol. The molecule has 1 aliphatic heterocycles. The molecule has 0 amide bonds. The van der Waals surface area contributed by atoms with Gasteiger partial charge in [0.15, 0.2) is 12.2 Å². The minimum Gasteiger partial charge on any atom is -0.456 e. The fourth-order valence-electron chi connectivity index (χ4n) is 2.94. The van der Waals surface area contributed by atoms with Crippen molar-refractivity contribution in [2.75, 3.05) is 0 Å². The highest BCUT2D eigenvalue weighted by molar-refractivity contribution is 5.69. The topological polar surface area (TPSA) is 114 Å². The van der Waals surface area contributed by atoms with Crippen LogP contribution in [0.5, 0.6) is 0 Å². The fourth-order valence-corrected chi connectivity index (χ4v) is 2.94. The molecule has 0 aromatic carbocycles. The molecule has 1 rings (SSSR count). The zero-order chi connectivity index (χ0) is 20.6. The third kappa shape index (κ3) is 7.54. The molecule has 27 heavy (non-hydrogen) atoms. The van der Waals surface area contributed by atoms with Crippen LogP contribution in [-0.4, -0.2) is 54.6 Å². The number of hydrogen-bond donors (Lipinski definition) is 0. The van der Waals surface area contributed by atoms with Crippen molar-refractivity contribution in [3.8, 4) is 0 Å². The quantitative estimate of drug-likeness (QED) is 0.348. The summed E-state index contributed by atoms with van der Waals surface area (Å²) in [5.41, 5.74) is 0. The van der Waals surface area contributed by atoms with Gasteiger partial charge in [0.05, 0.1) is 0 Å². The predicted molar refractivity (Wildman–Crippen MR) is 91.2 cm³/mol. The van der Waals surface area contributed by atoms with Crippen LogP contribution in [0.15, 0.2) is 0 Å².